The van der Waals surface area contributed by atoms with Gasteiger partial charge in [0.05, 0.1) is 0 Å². The molecule has 3 nitrogen and oxygen atoms in total. The van der Waals surface area contributed by atoms with Crippen molar-refractivity contribution in [3.63, 3.8) is 0 Å². The van der Waals surface area contributed by atoms with Crippen molar-refractivity contribution in [2.75, 3.05) is 4.90 Å². The van der Waals surface area contributed by atoms with Gasteiger partial charge in [-0.3, -0.25) is 0 Å². The van der Waals surface area contributed by atoms with Crippen LogP contribution in [0.1, 0.15) is 49.9 Å². The summed E-state index contributed by atoms with van der Waals surface area (Å²) >= 11 is 0. The highest BCUT2D eigenvalue weighted by Crippen LogP contribution is 2.53. The van der Waals surface area contributed by atoms with E-state index in [0.717, 1.165) is 62.3 Å². The lowest BCUT2D eigenvalue weighted by Crippen LogP contribution is -2.24. The maximum Gasteiger partial charge on any atom is 0.139 e. The van der Waals surface area contributed by atoms with Crippen molar-refractivity contribution in [1.29, 1.82) is 0 Å². The Morgan fingerprint density at radius 3 is 1.21 bits per heavy atom. The summed E-state index contributed by atoms with van der Waals surface area (Å²) in [5.74, 6) is 3.69. The number of hydrogen-bond acceptors (Lipinski definition) is 3. The summed E-state index contributed by atoms with van der Waals surface area (Å²) in [7, 11) is 0. The molecule has 0 aromatic heterocycles. The summed E-state index contributed by atoms with van der Waals surface area (Å²) in [5, 5.41) is 2.48. The molecule has 9 aromatic carbocycles. The van der Waals surface area contributed by atoms with Gasteiger partial charge in [0.25, 0.3) is 0 Å². The minimum Gasteiger partial charge on any atom is -0.456 e. The molecule has 0 saturated carbocycles. The summed E-state index contributed by atoms with van der Waals surface area (Å²) in [6, 6.07) is 71.8. The van der Waals surface area contributed by atoms with E-state index in [1.165, 1.54) is 44.2 Å². The van der Waals surface area contributed by atoms with Gasteiger partial charge in [0.1, 0.15) is 23.0 Å². The van der Waals surface area contributed by atoms with Crippen molar-refractivity contribution >= 4 is 27.8 Å². The lowest BCUT2D eigenvalue weighted by Gasteiger charge is -2.35. The molecule has 0 N–H and O–H groups in total. The molecule has 9 aromatic rings. The second-order valence-electron chi connectivity index (χ2n) is 17.3. The Morgan fingerprint density at radius 1 is 0.328 bits per heavy atom. The quantitative estimate of drug-likeness (QED) is 0.168. The van der Waals surface area contributed by atoms with Crippen LogP contribution in [-0.2, 0) is 10.8 Å². The highest BCUT2D eigenvalue weighted by molar-refractivity contribution is 5.88. The van der Waals surface area contributed by atoms with Crippen molar-refractivity contribution in [3.8, 4) is 56.4 Å². The standard InChI is InChI=1S/C58H45NO2/c1-57(2)49-17-7-9-21-53(49)60-55-47(15-11-19-51(55)57)40-27-33-45(34-28-40)59(44-31-25-39(26-32-44)43-24-23-38-13-5-6-14-42(38)37-43)46-35-29-41(30-36-46)48-16-12-20-52-56(48)61-54-22-10-8-18-50(54)58(52,3)4/h5-37H,1-4H3. The van der Waals surface area contributed by atoms with Crippen LogP contribution in [0.4, 0.5) is 17.1 Å². The third-order valence-corrected chi connectivity index (χ3v) is 13.0. The van der Waals surface area contributed by atoms with Crippen LogP contribution >= 0.6 is 0 Å². The van der Waals surface area contributed by atoms with Crippen LogP contribution in [0.3, 0.4) is 0 Å². The van der Waals surface area contributed by atoms with E-state index in [1.54, 1.807) is 0 Å². The Hall–Kier alpha value is -7.36. The van der Waals surface area contributed by atoms with Gasteiger partial charge in [-0.05, 0) is 87.6 Å². The van der Waals surface area contributed by atoms with Gasteiger partial charge in [-0.2, -0.15) is 0 Å². The number of rotatable bonds is 6. The van der Waals surface area contributed by atoms with E-state index in [0.29, 0.717) is 0 Å². The fourth-order valence-corrected chi connectivity index (χ4v) is 9.59. The third-order valence-electron chi connectivity index (χ3n) is 13.0. The second-order valence-corrected chi connectivity index (χ2v) is 17.3. The van der Waals surface area contributed by atoms with Gasteiger partial charge in [0.2, 0.25) is 0 Å². The average Bonchev–Trinajstić information content (AvgIpc) is 3.30. The maximum absolute atomic E-state index is 6.68. The fourth-order valence-electron chi connectivity index (χ4n) is 9.59. The van der Waals surface area contributed by atoms with Crippen LogP contribution in [0.2, 0.25) is 0 Å². The summed E-state index contributed by atoms with van der Waals surface area (Å²) in [6.45, 7) is 9.14. The zero-order chi connectivity index (χ0) is 41.3. The van der Waals surface area contributed by atoms with Crippen molar-refractivity contribution in [2.45, 2.75) is 38.5 Å². The molecule has 11 rings (SSSR count). The highest BCUT2D eigenvalue weighted by atomic mass is 16.5. The van der Waals surface area contributed by atoms with E-state index < -0.39 is 0 Å². The van der Waals surface area contributed by atoms with E-state index in [-0.39, 0.29) is 10.8 Å². The van der Waals surface area contributed by atoms with Crippen LogP contribution in [0, 0.1) is 0 Å². The van der Waals surface area contributed by atoms with Crippen LogP contribution < -0.4 is 14.4 Å². The van der Waals surface area contributed by atoms with Gasteiger partial charge in [0, 0.05) is 61.3 Å². The first-order valence-electron chi connectivity index (χ1n) is 21.2. The Balaban J connectivity index is 0.977. The smallest absolute Gasteiger partial charge is 0.139 e. The molecule has 0 radical (unpaired) electrons. The predicted molar refractivity (Wildman–Crippen MR) is 252 cm³/mol. The van der Waals surface area contributed by atoms with Gasteiger partial charge >= 0.3 is 0 Å². The molecule has 2 aliphatic rings. The molecule has 0 bridgehead atoms. The Kier molecular flexibility index (Phi) is 8.51. The zero-order valence-corrected chi connectivity index (χ0v) is 34.8. The number of hydrogen-bond donors (Lipinski definition) is 0. The van der Waals surface area contributed by atoms with Gasteiger partial charge in [-0.15, -0.1) is 0 Å². The third kappa shape index (κ3) is 6.11. The number of nitrogens with zero attached hydrogens (tertiary/aromatic N) is 1. The normalized spacial score (nSPS) is 14.1. The minimum atomic E-state index is -0.187. The van der Waals surface area contributed by atoms with Crippen molar-refractivity contribution in [3.05, 3.63) is 222 Å². The first-order valence-corrected chi connectivity index (χ1v) is 21.2. The maximum atomic E-state index is 6.68. The molecule has 2 aliphatic heterocycles. The lowest BCUT2D eigenvalue weighted by atomic mass is 9.75. The van der Waals surface area contributed by atoms with Crippen LogP contribution in [0.5, 0.6) is 23.0 Å². The first-order chi connectivity index (χ1) is 29.7. The largest absolute Gasteiger partial charge is 0.456 e. The minimum absolute atomic E-state index is 0.187. The number of ether oxygens (including phenoxy) is 2. The summed E-state index contributed by atoms with van der Waals surface area (Å²) in [5.41, 5.74) is 14.4. The molecule has 294 valence electrons. The van der Waals surface area contributed by atoms with E-state index >= 15 is 0 Å². The first kappa shape index (κ1) is 36.7. The highest BCUT2D eigenvalue weighted by Gasteiger charge is 2.36. The Bertz CT molecular complexity index is 2970. The zero-order valence-electron chi connectivity index (χ0n) is 34.8. The van der Waals surface area contributed by atoms with Crippen LogP contribution in [-0.4, -0.2) is 0 Å². The number of para-hydroxylation sites is 4. The van der Waals surface area contributed by atoms with Crippen molar-refractivity contribution in [1.82, 2.24) is 0 Å². The molecule has 0 saturated heterocycles. The fraction of sp³-hybridized carbons (Fsp3) is 0.103. The molecule has 0 spiro atoms. The summed E-state index contributed by atoms with van der Waals surface area (Å²) < 4.78 is 13.4. The molecular formula is C58H45NO2. The number of fused-ring (bicyclic) bond motifs is 5. The van der Waals surface area contributed by atoms with Gasteiger partial charge in [0.15, 0.2) is 0 Å². The molecule has 0 fully saturated rings. The van der Waals surface area contributed by atoms with Crippen LogP contribution in [0.15, 0.2) is 200 Å². The van der Waals surface area contributed by atoms with Crippen LogP contribution in [0.25, 0.3) is 44.2 Å². The Labute approximate surface area is 358 Å². The molecule has 0 amide bonds. The molecule has 2 heterocycles. The van der Waals surface area contributed by atoms with E-state index in [9.17, 15) is 0 Å². The molecule has 0 atom stereocenters. The molecule has 3 heteroatoms. The molecular weight excluding hydrogens is 743 g/mol. The Morgan fingerprint density at radius 2 is 0.721 bits per heavy atom. The predicted octanol–water partition coefficient (Wildman–Crippen LogP) is 16.2. The molecule has 0 unspecified atom stereocenters. The monoisotopic (exact) mass is 787 g/mol. The summed E-state index contributed by atoms with van der Waals surface area (Å²) in [6.07, 6.45) is 0. The summed E-state index contributed by atoms with van der Waals surface area (Å²) in [4.78, 5) is 2.34. The van der Waals surface area contributed by atoms with Gasteiger partial charge in [-0.25, -0.2) is 0 Å². The SMILES string of the molecule is CC1(C)c2ccccc2Oc2c(-c3ccc(N(c4ccc(-c5ccc6ccccc6c5)cc4)c4ccc(-c5cccc6c5Oc5ccccc5C6(C)C)cc4)cc3)cccc21. The topological polar surface area (TPSA) is 21.7 Å². The average molecular weight is 788 g/mol. The number of benzene rings is 9. The van der Waals surface area contributed by atoms with E-state index in [4.69, 9.17) is 9.47 Å². The molecule has 0 aliphatic carbocycles. The lowest BCUT2D eigenvalue weighted by molar-refractivity contribution is 0.419. The van der Waals surface area contributed by atoms with Crippen molar-refractivity contribution < 1.29 is 9.47 Å². The van der Waals surface area contributed by atoms with Gasteiger partial charge in [-0.1, -0.05) is 173 Å². The number of anilines is 3. The van der Waals surface area contributed by atoms with E-state index in [2.05, 4.69) is 221 Å². The van der Waals surface area contributed by atoms with Crippen molar-refractivity contribution in [2.24, 2.45) is 0 Å². The van der Waals surface area contributed by atoms with E-state index in [1.807, 2.05) is 12.1 Å². The second kappa shape index (κ2) is 14.1. The molecule has 61 heavy (non-hydrogen) atoms. The van der Waals surface area contributed by atoms with Gasteiger partial charge < -0.3 is 14.4 Å².